The number of aromatic nitrogens is 4. The molecule has 3 aromatic rings. The van der Waals surface area contributed by atoms with Gasteiger partial charge in [-0.25, -0.2) is 14.3 Å². The molecule has 4 heterocycles. The Labute approximate surface area is 185 Å². The van der Waals surface area contributed by atoms with Crippen molar-refractivity contribution >= 4 is 33.1 Å². The number of likely N-dealkylation sites (tertiary alicyclic amines) is 1. The normalized spacial score (nSPS) is 16.3. The number of hydrogen-bond acceptors (Lipinski definition) is 5. The average Bonchev–Trinajstić information content (AvgIpc) is 3.31. The van der Waals surface area contributed by atoms with Crippen LogP contribution in [0.15, 0.2) is 35.3 Å². The molecule has 4 rings (SSSR count). The van der Waals surface area contributed by atoms with Crippen LogP contribution in [0.25, 0.3) is 22.2 Å². The largest absolute Gasteiger partial charge is 0.443 e. The third-order valence-corrected chi connectivity index (χ3v) is 5.92. The van der Waals surface area contributed by atoms with E-state index in [-0.39, 0.29) is 0 Å². The molecule has 1 fully saturated rings. The van der Waals surface area contributed by atoms with Crippen molar-refractivity contribution in [1.29, 1.82) is 0 Å². The molecule has 0 N–H and O–H groups in total. The lowest BCUT2D eigenvalue weighted by molar-refractivity contribution is 0.0544. The number of halogens is 1. The highest BCUT2D eigenvalue weighted by molar-refractivity contribution is 9.10. The Morgan fingerprint density at radius 1 is 1.23 bits per heavy atom. The summed E-state index contributed by atoms with van der Waals surface area (Å²) in [5, 5.41) is 5.54. The maximum Gasteiger partial charge on any atom is 0.420 e. The fourth-order valence-corrected chi connectivity index (χ4v) is 4.27. The lowest BCUT2D eigenvalue weighted by Crippen LogP contribution is -2.34. The molecule has 1 aliphatic heterocycles. The smallest absolute Gasteiger partial charge is 0.420 e. The van der Waals surface area contributed by atoms with Crippen LogP contribution in [0.4, 0.5) is 4.79 Å². The van der Waals surface area contributed by atoms with Crippen LogP contribution in [0.1, 0.15) is 46.6 Å². The van der Waals surface area contributed by atoms with E-state index in [2.05, 4.69) is 48.7 Å². The molecule has 1 aliphatic rings. The molecule has 0 amide bonds. The Balaban J connectivity index is 1.69. The minimum Gasteiger partial charge on any atom is -0.443 e. The molecule has 0 aromatic carbocycles. The maximum absolute atomic E-state index is 12.8. The van der Waals surface area contributed by atoms with Crippen molar-refractivity contribution in [2.45, 2.75) is 52.2 Å². The van der Waals surface area contributed by atoms with Gasteiger partial charge in [-0.15, -0.1) is 0 Å². The topological polar surface area (TPSA) is 65.2 Å². The predicted molar refractivity (Wildman–Crippen MR) is 121 cm³/mol. The minimum atomic E-state index is -0.582. The van der Waals surface area contributed by atoms with E-state index in [1.807, 2.05) is 33.0 Å². The van der Waals surface area contributed by atoms with Gasteiger partial charge in [0, 0.05) is 52.7 Å². The Bertz CT molecular complexity index is 1060. The minimum absolute atomic E-state index is 0.408. The molecule has 0 bridgehead atoms. The van der Waals surface area contributed by atoms with E-state index in [0.29, 0.717) is 11.7 Å². The lowest BCUT2D eigenvalue weighted by Gasteiger charge is -2.31. The molecule has 0 saturated carbocycles. The van der Waals surface area contributed by atoms with Gasteiger partial charge in [0.05, 0.1) is 12.2 Å². The third kappa shape index (κ3) is 4.30. The van der Waals surface area contributed by atoms with Gasteiger partial charge >= 0.3 is 6.09 Å². The molecular formula is C22H28BrN5O2. The predicted octanol–water partition coefficient (Wildman–Crippen LogP) is 5.10. The number of pyridine rings is 1. The van der Waals surface area contributed by atoms with E-state index in [4.69, 9.17) is 4.74 Å². The molecule has 0 spiro atoms. The Hall–Kier alpha value is -2.19. The van der Waals surface area contributed by atoms with E-state index in [0.717, 1.165) is 53.5 Å². The van der Waals surface area contributed by atoms with Crippen LogP contribution in [0, 0.1) is 0 Å². The second-order valence-electron chi connectivity index (χ2n) is 8.79. The number of hydrogen-bond donors (Lipinski definition) is 0. The van der Waals surface area contributed by atoms with Crippen LogP contribution < -0.4 is 0 Å². The number of piperidine rings is 1. The van der Waals surface area contributed by atoms with Gasteiger partial charge in [0.25, 0.3) is 0 Å². The summed E-state index contributed by atoms with van der Waals surface area (Å²) in [6.07, 6.45) is 9.22. The zero-order chi connectivity index (χ0) is 21.5. The quantitative estimate of drug-likeness (QED) is 0.529. The summed E-state index contributed by atoms with van der Waals surface area (Å²) in [5.74, 6) is 0. The zero-order valence-electron chi connectivity index (χ0n) is 17.9. The monoisotopic (exact) mass is 473 g/mol. The van der Waals surface area contributed by atoms with Gasteiger partial charge in [-0.3, -0.25) is 4.68 Å². The van der Waals surface area contributed by atoms with Gasteiger partial charge in [-0.2, -0.15) is 5.10 Å². The van der Waals surface area contributed by atoms with Crippen molar-refractivity contribution < 1.29 is 9.53 Å². The summed E-state index contributed by atoms with van der Waals surface area (Å²) in [5.41, 5.74) is 1.88. The summed E-state index contributed by atoms with van der Waals surface area (Å²) in [4.78, 5) is 19.7. The van der Waals surface area contributed by atoms with Gasteiger partial charge in [0.1, 0.15) is 11.2 Å². The molecule has 1 saturated heterocycles. The van der Waals surface area contributed by atoms with Gasteiger partial charge in [0.15, 0.2) is 0 Å². The standard InChI is InChI=1S/C22H28BrN5O2/c1-5-26-8-6-17(7-9-26)28-13-15(11-25-28)19-14-27(21(29)30-22(2,3)4)20-18(19)10-16(23)12-24-20/h10-14,17H,5-9H2,1-4H3. The molecule has 0 aliphatic carbocycles. The molecule has 0 radical (unpaired) electrons. The molecule has 30 heavy (non-hydrogen) atoms. The summed E-state index contributed by atoms with van der Waals surface area (Å²) in [7, 11) is 0. The summed E-state index contributed by atoms with van der Waals surface area (Å²) < 4.78 is 10.00. The fraction of sp³-hybridized carbons (Fsp3) is 0.500. The van der Waals surface area contributed by atoms with Crippen LogP contribution in [0.5, 0.6) is 0 Å². The summed E-state index contributed by atoms with van der Waals surface area (Å²) in [6, 6.07) is 2.39. The summed E-state index contributed by atoms with van der Waals surface area (Å²) >= 11 is 3.50. The van der Waals surface area contributed by atoms with Crippen LogP contribution in [-0.4, -0.2) is 55.6 Å². The lowest BCUT2D eigenvalue weighted by atomic mass is 10.1. The first-order chi connectivity index (χ1) is 14.2. The van der Waals surface area contributed by atoms with Crippen molar-refractivity contribution in [1.82, 2.24) is 24.2 Å². The Kier molecular flexibility index (Phi) is 5.72. The second kappa shape index (κ2) is 8.15. The van der Waals surface area contributed by atoms with Crippen molar-refractivity contribution in [2.75, 3.05) is 19.6 Å². The van der Waals surface area contributed by atoms with E-state index in [9.17, 15) is 4.79 Å². The molecule has 0 unspecified atom stereocenters. The highest BCUT2D eigenvalue weighted by atomic mass is 79.9. The highest BCUT2D eigenvalue weighted by Crippen LogP contribution is 2.33. The highest BCUT2D eigenvalue weighted by Gasteiger charge is 2.24. The van der Waals surface area contributed by atoms with E-state index in [1.54, 1.807) is 12.4 Å². The van der Waals surface area contributed by atoms with Crippen LogP contribution in [0.2, 0.25) is 0 Å². The van der Waals surface area contributed by atoms with E-state index >= 15 is 0 Å². The number of ether oxygens (including phenoxy) is 1. The fourth-order valence-electron chi connectivity index (χ4n) is 3.94. The first-order valence-electron chi connectivity index (χ1n) is 10.4. The first kappa shape index (κ1) is 21.1. The number of carbonyl (C=O) groups is 1. The van der Waals surface area contributed by atoms with Crippen LogP contribution in [0.3, 0.4) is 0 Å². The number of carbonyl (C=O) groups excluding carboxylic acids is 1. The molecular weight excluding hydrogens is 446 g/mol. The average molecular weight is 474 g/mol. The maximum atomic E-state index is 12.8. The third-order valence-electron chi connectivity index (χ3n) is 5.49. The van der Waals surface area contributed by atoms with Gasteiger partial charge < -0.3 is 9.64 Å². The van der Waals surface area contributed by atoms with Crippen molar-refractivity contribution in [3.05, 3.63) is 35.3 Å². The number of nitrogens with zero attached hydrogens (tertiary/aromatic N) is 5. The molecule has 8 heteroatoms. The first-order valence-corrected chi connectivity index (χ1v) is 11.2. The zero-order valence-corrected chi connectivity index (χ0v) is 19.5. The van der Waals surface area contributed by atoms with Crippen LogP contribution in [-0.2, 0) is 4.74 Å². The molecule has 0 atom stereocenters. The Morgan fingerprint density at radius 2 is 1.97 bits per heavy atom. The summed E-state index contributed by atoms with van der Waals surface area (Å²) in [6.45, 7) is 11.1. The molecule has 160 valence electrons. The van der Waals surface area contributed by atoms with Crippen molar-refractivity contribution in [2.24, 2.45) is 0 Å². The SMILES string of the molecule is CCN1CCC(n2cc(-c3cn(C(=O)OC(C)(C)C)c4ncc(Br)cc34)cn2)CC1. The molecule has 3 aromatic heterocycles. The number of fused-ring (bicyclic) bond motifs is 1. The van der Waals surface area contributed by atoms with Gasteiger partial charge in [-0.05, 0) is 62.2 Å². The van der Waals surface area contributed by atoms with E-state index < -0.39 is 11.7 Å². The number of rotatable bonds is 3. The second-order valence-corrected chi connectivity index (χ2v) is 9.71. The van der Waals surface area contributed by atoms with Crippen molar-refractivity contribution in [3.8, 4) is 11.1 Å². The van der Waals surface area contributed by atoms with Crippen LogP contribution >= 0.6 is 15.9 Å². The molecule has 7 nitrogen and oxygen atoms in total. The van der Waals surface area contributed by atoms with Gasteiger partial charge in [0.2, 0.25) is 0 Å². The van der Waals surface area contributed by atoms with Crippen molar-refractivity contribution in [3.63, 3.8) is 0 Å². The Morgan fingerprint density at radius 3 is 2.63 bits per heavy atom. The van der Waals surface area contributed by atoms with E-state index in [1.165, 1.54) is 4.57 Å². The van der Waals surface area contributed by atoms with Gasteiger partial charge in [-0.1, -0.05) is 6.92 Å².